The Bertz CT molecular complexity index is 916. The Morgan fingerprint density at radius 3 is 2.50 bits per heavy atom. The van der Waals surface area contributed by atoms with Crippen molar-refractivity contribution in [1.29, 1.82) is 0 Å². The van der Waals surface area contributed by atoms with Gasteiger partial charge in [-0.25, -0.2) is 0 Å². The molecule has 0 amide bonds. The van der Waals surface area contributed by atoms with Crippen molar-refractivity contribution in [3.8, 4) is 17.0 Å². The third kappa shape index (κ3) is 4.72. The summed E-state index contributed by atoms with van der Waals surface area (Å²) in [7, 11) is 4.12. The molecule has 0 saturated carbocycles. The van der Waals surface area contributed by atoms with E-state index >= 15 is 0 Å². The molecule has 3 aromatic rings. The smallest absolute Gasteiger partial charge is 0.116 e. The van der Waals surface area contributed by atoms with E-state index in [0.29, 0.717) is 5.75 Å². The molecular weight excluding hydrogens is 368 g/mol. The molecule has 0 bridgehead atoms. The van der Waals surface area contributed by atoms with Crippen molar-refractivity contribution in [1.82, 2.24) is 9.47 Å². The second-order valence-corrected chi connectivity index (χ2v) is 8.20. The van der Waals surface area contributed by atoms with Gasteiger partial charge in [0.1, 0.15) is 5.75 Å². The molecule has 28 heavy (non-hydrogen) atoms. The lowest BCUT2D eigenvalue weighted by Crippen LogP contribution is -2.18. The maximum absolute atomic E-state index is 9.98. The quantitative estimate of drug-likeness (QED) is 0.406. The van der Waals surface area contributed by atoms with Crippen LogP contribution in [0.5, 0.6) is 5.75 Å². The molecule has 4 nitrogen and oxygen atoms in total. The van der Waals surface area contributed by atoms with E-state index in [9.17, 15) is 5.11 Å². The first kappa shape index (κ1) is 20.8. The molecule has 0 spiro atoms. The van der Waals surface area contributed by atoms with Crippen LogP contribution in [0.15, 0.2) is 47.4 Å². The fourth-order valence-corrected chi connectivity index (χ4v) is 3.95. The number of phenolic OH excluding ortho intramolecular Hbond substituents is 1. The average molecular weight is 399 g/mol. The maximum atomic E-state index is 9.98. The van der Waals surface area contributed by atoms with Gasteiger partial charge >= 0.3 is 0 Å². The summed E-state index contributed by atoms with van der Waals surface area (Å²) in [6.07, 6.45) is 3.05. The summed E-state index contributed by atoms with van der Waals surface area (Å²) < 4.78 is 8.15. The molecule has 5 heteroatoms. The van der Waals surface area contributed by atoms with Crippen LogP contribution in [-0.2, 0) is 11.3 Å². The highest BCUT2D eigenvalue weighted by Crippen LogP contribution is 2.35. The van der Waals surface area contributed by atoms with Crippen molar-refractivity contribution >= 4 is 22.7 Å². The van der Waals surface area contributed by atoms with Crippen molar-refractivity contribution < 1.29 is 9.84 Å². The second kappa shape index (κ2) is 9.50. The largest absolute Gasteiger partial charge is 0.508 e. The van der Waals surface area contributed by atoms with Crippen LogP contribution in [0.2, 0.25) is 0 Å². The van der Waals surface area contributed by atoms with Crippen LogP contribution in [0.1, 0.15) is 12.0 Å². The van der Waals surface area contributed by atoms with Gasteiger partial charge in [-0.15, -0.1) is 11.8 Å². The monoisotopic (exact) mass is 398 g/mol. The third-order valence-electron chi connectivity index (χ3n) is 5.02. The number of benzene rings is 2. The zero-order chi connectivity index (χ0) is 20.1. The van der Waals surface area contributed by atoms with Gasteiger partial charge in [-0.2, -0.15) is 0 Å². The Labute approximate surface area is 172 Å². The molecule has 0 aliphatic rings. The first-order valence-corrected chi connectivity index (χ1v) is 10.9. The minimum absolute atomic E-state index is 0.309. The van der Waals surface area contributed by atoms with Crippen LogP contribution in [0.4, 0.5) is 0 Å². The first-order chi connectivity index (χ1) is 13.5. The Morgan fingerprint density at radius 2 is 1.82 bits per heavy atom. The predicted octanol–water partition coefficient (Wildman–Crippen LogP) is 5.01. The molecule has 1 aromatic heterocycles. The van der Waals surface area contributed by atoms with Gasteiger partial charge in [0, 0.05) is 35.5 Å². The predicted molar refractivity (Wildman–Crippen MR) is 120 cm³/mol. The van der Waals surface area contributed by atoms with Crippen molar-refractivity contribution in [2.24, 2.45) is 0 Å². The van der Waals surface area contributed by atoms with E-state index in [4.69, 9.17) is 4.74 Å². The molecule has 0 unspecified atom stereocenters. The topological polar surface area (TPSA) is 37.6 Å². The minimum atomic E-state index is 0.309. The minimum Gasteiger partial charge on any atom is -0.508 e. The van der Waals surface area contributed by atoms with E-state index in [1.807, 2.05) is 12.1 Å². The Balaban J connectivity index is 1.88. The SMILES string of the molecule is CSc1ccc(-c2c(C)c3cc(O)ccc3n2CCCOCCN(C)C)cc1. The van der Waals surface area contributed by atoms with Crippen molar-refractivity contribution in [2.45, 2.75) is 24.8 Å². The zero-order valence-electron chi connectivity index (χ0n) is 17.2. The number of hydrogen-bond acceptors (Lipinski definition) is 4. The summed E-state index contributed by atoms with van der Waals surface area (Å²) in [5.74, 6) is 0.309. The van der Waals surface area contributed by atoms with Crippen LogP contribution in [0.25, 0.3) is 22.2 Å². The lowest BCUT2D eigenvalue weighted by molar-refractivity contribution is 0.113. The first-order valence-electron chi connectivity index (χ1n) is 9.70. The Hall–Kier alpha value is -1.95. The molecule has 0 atom stereocenters. The summed E-state index contributed by atoms with van der Waals surface area (Å²) in [6, 6.07) is 14.4. The van der Waals surface area contributed by atoms with Crippen molar-refractivity contribution in [3.05, 3.63) is 48.0 Å². The van der Waals surface area contributed by atoms with Crippen LogP contribution < -0.4 is 0 Å². The van der Waals surface area contributed by atoms with Gasteiger partial charge in [0.05, 0.1) is 12.3 Å². The number of nitrogens with zero attached hydrogens (tertiary/aromatic N) is 2. The zero-order valence-corrected chi connectivity index (χ0v) is 18.1. The van der Waals surface area contributed by atoms with Crippen molar-refractivity contribution in [2.75, 3.05) is 40.1 Å². The number of aromatic hydroxyl groups is 1. The maximum Gasteiger partial charge on any atom is 0.116 e. The van der Waals surface area contributed by atoms with E-state index in [0.717, 1.165) is 43.6 Å². The standard InChI is InChI=1S/C23H30N2O2S/c1-17-21-16-19(26)8-11-22(21)25(12-5-14-27-15-13-24(2)3)23(17)18-6-9-20(28-4)10-7-18/h6-11,16,26H,5,12-15H2,1-4H3. The molecule has 0 aliphatic carbocycles. The number of rotatable bonds is 9. The van der Waals surface area contributed by atoms with E-state index in [1.165, 1.54) is 21.7 Å². The number of aryl methyl sites for hydroxylation is 2. The van der Waals surface area contributed by atoms with Crippen LogP contribution in [0.3, 0.4) is 0 Å². The molecule has 0 aliphatic heterocycles. The van der Waals surface area contributed by atoms with Gasteiger partial charge in [-0.05, 0) is 75.2 Å². The number of fused-ring (bicyclic) bond motifs is 1. The normalized spacial score (nSPS) is 11.6. The summed E-state index contributed by atoms with van der Waals surface area (Å²) in [5, 5.41) is 11.1. The highest BCUT2D eigenvalue weighted by molar-refractivity contribution is 7.98. The van der Waals surface area contributed by atoms with E-state index in [-0.39, 0.29) is 0 Å². The molecular formula is C23H30N2O2S. The number of hydrogen-bond donors (Lipinski definition) is 1. The highest BCUT2D eigenvalue weighted by Gasteiger charge is 2.16. The van der Waals surface area contributed by atoms with Gasteiger partial charge in [0.15, 0.2) is 0 Å². The number of ether oxygens (including phenoxy) is 1. The van der Waals surface area contributed by atoms with Crippen LogP contribution in [-0.4, -0.2) is 54.7 Å². The summed E-state index contributed by atoms with van der Waals surface area (Å²) in [5.41, 5.74) is 4.80. The number of thioether (sulfide) groups is 1. The summed E-state index contributed by atoms with van der Waals surface area (Å²) in [6.45, 7) is 5.48. The number of likely N-dealkylation sites (N-methyl/N-ethyl adjacent to an activating group) is 1. The average Bonchev–Trinajstić information content (AvgIpc) is 2.95. The molecule has 150 valence electrons. The molecule has 1 N–H and O–H groups in total. The van der Waals surface area contributed by atoms with Crippen LogP contribution in [0, 0.1) is 6.92 Å². The number of phenols is 1. The van der Waals surface area contributed by atoms with Crippen LogP contribution >= 0.6 is 11.8 Å². The molecule has 1 heterocycles. The summed E-state index contributed by atoms with van der Waals surface area (Å²) >= 11 is 1.75. The lowest BCUT2D eigenvalue weighted by Gasteiger charge is -2.13. The van der Waals surface area contributed by atoms with E-state index in [2.05, 4.69) is 61.0 Å². The third-order valence-corrected chi connectivity index (χ3v) is 5.76. The molecule has 0 fully saturated rings. The van der Waals surface area contributed by atoms with Gasteiger partial charge in [-0.3, -0.25) is 0 Å². The van der Waals surface area contributed by atoms with E-state index in [1.54, 1.807) is 17.8 Å². The number of aromatic nitrogens is 1. The molecule has 2 aromatic carbocycles. The Morgan fingerprint density at radius 1 is 1.07 bits per heavy atom. The lowest BCUT2D eigenvalue weighted by atomic mass is 10.1. The van der Waals surface area contributed by atoms with Gasteiger partial charge in [0.2, 0.25) is 0 Å². The van der Waals surface area contributed by atoms with Gasteiger partial charge < -0.3 is 19.3 Å². The van der Waals surface area contributed by atoms with Gasteiger partial charge in [-0.1, -0.05) is 12.1 Å². The second-order valence-electron chi connectivity index (χ2n) is 7.32. The van der Waals surface area contributed by atoms with Gasteiger partial charge in [0.25, 0.3) is 0 Å². The highest BCUT2D eigenvalue weighted by atomic mass is 32.2. The van der Waals surface area contributed by atoms with Crippen molar-refractivity contribution in [3.63, 3.8) is 0 Å². The molecule has 0 saturated heterocycles. The fraction of sp³-hybridized carbons (Fsp3) is 0.391. The Kier molecular flexibility index (Phi) is 7.05. The summed E-state index contributed by atoms with van der Waals surface area (Å²) in [4.78, 5) is 3.39. The van der Waals surface area contributed by atoms with E-state index < -0.39 is 0 Å². The molecule has 3 rings (SSSR count). The fourth-order valence-electron chi connectivity index (χ4n) is 3.54. The molecule has 0 radical (unpaired) electrons.